The first-order valence-electron chi connectivity index (χ1n) is 5.48. The lowest BCUT2D eigenvalue weighted by Gasteiger charge is -2.17. The Bertz CT molecular complexity index is 432. The number of nitrogens with two attached hydrogens (primary N) is 1. The summed E-state index contributed by atoms with van der Waals surface area (Å²) in [6.45, 7) is 0.413. The van der Waals surface area contributed by atoms with Crippen molar-refractivity contribution < 1.29 is 14.3 Å². The van der Waals surface area contributed by atoms with Crippen LogP contribution in [0, 0.1) is 0 Å². The van der Waals surface area contributed by atoms with Gasteiger partial charge in [0, 0.05) is 32.3 Å². The number of hydrogen-bond acceptors (Lipinski definition) is 5. The summed E-state index contributed by atoms with van der Waals surface area (Å²) in [5, 5.41) is 0. The monoisotopic (exact) mass is 236 g/mol. The molecule has 17 heavy (non-hydrogen) atoms. The molecule has 1 aliphatic rings. The quantitative estimate of drug-likeness (QED) is 0.627. The number of carbonyl (C=O) groups excluding carboxylic acids is 1. The van der Waals surface area contributed by atoms with Gasteiger partial charge in [-0.2, -0.15) is 0 Å². The molecule has 1 fully saturated rings. The molecule has 1 atom stereocenters. The van der Waals surface area contributed by atoms with Crippen LogP contribution in [0.2, 0.25) is 0 Å². The van der Waals surface area contributed by atoms with Crippen LogP contribution in [0.5, 0.6) is 5.75 Å². The molecule has 0 spiro atoms. The van der Waals surface area contributed by atoms with E-state index in [1.165, 1.54) is 0 Å². The van der Waals surface area contributed by atoms with E-state index in [9.17, 15) is 4.79 Å². The second-order valence-corrected chi connectivity index (χ2v) is 4.18. The number of benzene rings is 1. The Morgan fingerprint density at radius 3 is 2.82 bits per heavy atom. The SMILES string of the molecule is CN(C)c1ccc(N)c(OC2CCOC2=O)c1. The van der Waals surface area contributed by atoms with Gasteiger partial charge in [-0.1, -0.05) is 0 Å². The van der Waals surface area contributed by atoms with Crippen LogP contribution in [0.4, 0.5) is 11.4 Å². The number of anilines is 2. The second kappa shape index (κ2) is 4.53. The minimum atomic E-state index is -0.533. The predicted molar refractivity (Wildman–Crippen MR) is 65.2 cm³/mol. The molecule has 1 aromatic rings. The minimum Gasteiger partial charge on any atom is -0.476 e. The number of nitrogen functional groups attached to an aromatic ring is 1. The van der Waals surface area contributed by atoms with Gasteiger partial charge >= 0.3 is 5.97 Å². The van der Waals surface area contributed by atoms with Crippen molar-refractivity contribution in [3.63, 3.8) is 0 Å². The number of ether oxygens (including phenoxy) is 2. The van der Waals surface area contributed by atoms with Gasteiger partial charge in [0.05, 0.1) is 12.3 Å². The van der Waals surface area contributed by atoms with Crippen LogP contribution in [0.15, 0.2) is 18.2 Å². The van der Waals surface area contributed by atoms with Gasteiger partial charge in [0.25, 0.3) is 0 Å². The molecule has 0 radical (unpaired) electrons. The molecule has 1 aliphatic heterocycles. The van der Waals surface area contributed by atoms with Crippen LogP contribution in [0.3, 0.4) is 0 Å². The zero-order valence-electron chi connectivity index (χ0n) is 9.97. The Balaban J connectivity index is 2.19. The van der Waals surface area contributed by atoms with Crippen molar-refractivity contribution in [3.8, 4) is 5.75 Å². The highest BCUT2D eigenvalue weighted by Crippen LogP contribution is 2.29. The summed E-state index contributed by atoms with van der Waals surface area (Å²) in [6, 6.07) is 5.49. The Kier molecular flexibility index (Phi) is 3.08. The number of rotatable bonds is 3. The van der Waals surface area contributed by atoms with E-state index in [1.807, 2.05) is 31.1 Å². The molecule has 1 aromatic carbocycles. The van der Waals surface area contributed by atoms with Crippen molar-refractivity contribution in [3.05, 3.63) is 18.2 Å². The third-order valence-electron chi connectivity index (χ3n) is 2.67. The van der Waals surface area contributed by atoms with E-state index >= 15 is 0 Å². The lowest BCUT2D eigenvalue weighted by atomic mass is 10.2. The largest absolute Gasteiger partial charge is 0.476 e. The third-order valence-corrected chi connectivity index (χ3v) is 2.67. The number of carbonyl (C=O) groups is 1. The highest BCUT2D eigenvalue weighted by molar-refractivity contribution is 5.77. The van der Waals surface area contributed by atoms with E-state index in [0.29, 0.717) is 24.5 Å². The molecule has 2 N–H and O–H groups in total. The molecule has 0 saturated carbocycles. The summed E-state index contributed by atoms with van der Waals surface area (Å²) in [4.78, 5) is 13.3. The van der Waals surface area contributed by atoms with Crippen molar-refractivity contribution in [1.29, 1.82) is 0 Å². The van der Waals surface area contributed by atoms with Crippen molar-refractivity contribution in [1.82, 2.24) is 0 Å². The van der Waals surface area contributed by atoms with Gasteiger partial charge in [-0.15, -0.1) is 0 Å². The summed E-state index contributed by atoms with van der Waals surface area (Å²) in [5.41, 5.74) is 7.31. The number of nitrogens with zero attached hydrogens (tertiary/aromatic N) is 1. The Morgan fingerprint density at radius 2 is 2.24 bits per heavy atom. The summed E-state index contributed by atoms with van der Waals surface area (Å²) in [6.07, 6.45) is 0.0412. The smallest absolute Gasteiger partial charge is 0.347 e. The second-order valence-electron chi connectivity index (χ2n) is 4.18. The molecule has 0 bridgehead atoms. The Labute approximate surface area is 100 Å². The van der Waals surface area contributed by atoms with Gasteiger partial charge in [-0.3, -0.25) is 0 Å². The molecule has 1 heterocycles. The van der Waals surface area contributed by atoms with Crippen LogP contribution in [-0.2, 0) is 9.53 Å². The van der Waals surface area contributed by atoms with Crippen molar-refractivity contribution in [2.45, 2.75) is 12.5 Å². The van der Waals surface area contributed by atoms with Crippen molar-refractivity contribution in [2.75, 3.05) is 31.3 Å². The van der Waals surface area contributed by atoms with Gasteiger partial charge < -0.3 is 20.1 Å². The topological polar surface area (TPSA) is 64.8 Å². The summed E-state index contributed by atoms with van der Waals surface area (Å²) in [5.74, 6) is 0.208. The highest BCUT2D eigenvalue weighted by atomic mass is 16.6. The standard InChI is InChI=1S/C12H16N2O3/c1-14(2)8-3-4-9(13)11(7-8)17-10-5-6-16-12(10)15/h3-4,7,10H,5-6,13H2,1-2H3. The maximum absolute atomic E-state index is 11.3. The Morgan fingerprint density at radius 1 is 1.47 bits per heavy atom. The molecule has 5 nitrogen and oxygen atoms in total. The van der Waals surface area contributed by atoms with E-state index in [2.05, 4.69) is 0 Å². The van der Waals surface area contributed by atoms with E-state index in [0.717, 1.165) is 5.69 Å². The van der Waals surface area contributed by atoms with Gasteiger partial charge in [-0.25, -0.2) is 4.79 Å². The Hall–Kier alpha value is -1.91. The average Bonchev–Trinajstić information content (AvgIpc) is 2.67. The predicted octanol–water partition coefficient (Wildman–Crippen LogP) is 1.03. The van der Waals surface area contributed by atoms with E-state index in [1.54, 1.807) is 6.07 Å². The third kappa shape index (κ3) is 2.43. The average molecular weight is 236 g/mol. The fourth-order valence-corrected chi connectivity index (χ4v) is 1.64. The van der Waals surface area contributed by atoms with Gasteiger partial charge in [-0.05, 0) is 12.1 Å². The lowest BCUT2D eigenvalue weighted by Crippen LogP contribution is -2.22. The normalized spacial score (nSPS) is 18.9. The minimum absolute atomic E-state index is 0.320. The summed E-state index contributed by atoms with van der Waals surface area (Å²) < 4.78 is 10.4. The molecular weight excluding hydrogens is 220 g/mol. The first-order valence-corrected chi connectivity index (χ1v) is 5.48. The van der Waals surface area contributed by atoms with Crippen LogP contribution < -0.4 is 15.4 Å². The first kappa shape index (κ1) is 11.6. The molecule has 5 heteroatoms. The van der Waals surface area contributed by atoms with Crippen LogP contribution in [0.25, 0.3) is 0 Å². The molecule has 1 saturated heterocycles. The van der Waals surface area contributed by atoms with Crippen LogP contribution in [0.1, 0.15) is 6.42 Å². The molecule has 0 amide bonds. The fourth-order valence-electron chi connectivity index (χ4n) is 1.64. The van der Waals surface area contributed by atoms with Gasteiger partial charge in [0.2, 0.25) is 0 Å². The lowest BCUT2D eigenvalue weighted by molar-refractivity contribution is -0.143. The van der Waals surface area contributed by atoms with E-state index in [4.69, 9.17) is 15.2 Å². The molecular formula is C12H16N2O3. The molecule has 1 unspecified atom stereocenters. The first-order chi connectivity index (χ1) is 8.08. The van der Waals surface area contributed by atoms with Crippen molar-refractivity contribution in [2.24, 2.45) is 0 Å². The zero-order chi connectivity index (χ0) is 12.4. The van der Waals surface area contributed by atoms with Crippen LogP contribution >= 0.6 is 0 Å². The van der Waals surface area contributed by atoms with E-state index in [-0.39, 0.29) is 5.97 Å². The number of esters is 1. The van der Waals surface area contributed by atoms with Crippen molar-refractivity contribution >= 4 is 17.3 Å². The zero-order valence-corrected chi connectivity index (χ0v) is 9.97. The molecule has 2 rings (SSSR count). The fraction of sp³-hybridized carbons (Fsp3) is 0.417. The van der Waals surface area contributed by atoms with E-state index < -0.39 is 6.10 Å². The molecule has 0 aliphatic carbocycles. The maximum atomic E-state index is 11.3. The summed E-state index contributed by atoms with van der Waals surface area (Å²) in [7, 11) is 3.86. The number of cyclic esters (lactones) is 1. The van der Waals surface area contributed by atoms with Crippen LogP contribution in [-0.4, -0.2) is 32.8 Å². The molecule has 92 valence electrons. The maximum Gasteiger partial charge on any atom is 0.347 e. The number of hydrogen-bond donors (Lipinski definition) is 1. The summed E-state index contributed by atoms with van der Waals surface area (Å²) >= 11 is 0. The van der Waals surface area contributed by atoms with Gasteiger partial charge in [0.1, 0.15) is 5.75 Å². The van der Waals surface area contributed by atoms with Gasteiger partial charge in [0.15, 0.2) is 6.10 Å². The highest BCUT2D eigenvalue weighted by Gasteiger charge is 2.28. The molecule has 0 aromatic heterocycles.